The van der Waals surface area contributed by atoms with Gasteiger partial charge in [-0.2, -0.15) is 4.98 Å². The Bertz CT molecular complexity index is 489. The molecule has 4 nitrogen and oxygen atoms in total. The summed E-state index contributed by atoms with van der Waals surface area (Å²) in [7, 11) is 1.54. The fraction of sp³-hybridized carbons (Fsp3) is 0.111. The second-order valence-corrected chi connectivity index (χ2v) is 2.52. The first kappa shape index (κ1) is 7.79. The minimum Gasteiger partial charge on any atom is -0.497 e. The van der Waals surface area contributed by atoms with E-state index in [1.165, 1.54) is 0 Å². The maximum Gasteiger partial charge on any atom is 0.283 e. The number of fused-ring (bicyclic) bond motifs is 1. The van der Waals surface area contributed by atoms with Gasteiger partial charge in [0.05, 0.1) is 12.5 Å². The smallest absolute Gasteiger partial charge is 0.283 e. The fourth-order valence-corrected chi connectivity index (χ4v) is 1.11. The van der Waals surface area contributed by atoms with Crippen LogP contribution in [0.1, 0.15) is 0 Å². The molecular formula is C9H7NO3. The molecule has 0 aliphatic carbocycles. The van der Waals surface area contributed by atoms with Crippen LogP contribution in [-0.4, -0.2) is 12.1 Å². The minimum absolute atomic E-state index is 0.305. The Labute approximate surface area is 73.8 Å². The van der Waals surface area contributed by atoms with E-state index in [0.717, 1.165) is 6.39 Å². The van der Waals surface area contributed by atoms with Crippen molar-refractivity contribution in [2.24, 2.45) is 0 Å². The van der Waals surface area contributed by atoms with Crippen molar-refractivity contribution in [3.8, 4) is 5.75 Å². The molecule has 0 bridgehead atoms. The predicted molar refractivity (Wildman–Crippen MR) is 46.8 cm³/mol. The van der Waals surface area contributed by atoms with Crippen LogP contribution in [0.15, 0.2) is 33.8 Å². The van der Waals surface area contributed by atoms with Crippen LogP contribution in [-0.2, 0) is 0 Å². The lowest BCUT2D eigenvalue weighted by Gasteiger charge is -1.99. The molecule has 1 heterocycles. The third kappa shape index (κ3) is 1.26. The van der Waals surface area contributed by atoms with Gasteiger partial charge in [-0.1, -0.05) is 0 Å². The largest absolute Gasteiger partial charge is 0.497 e. The van der Waals surface area contributed by atoms with Gasteiger partial charge in [-0.15, -0.1) is 0 Å². The van der Waals surface area contributed by atoms with Crippen molar-refractivity contribution in [2.45, 2.75) is 0 Å². The van der Waals surface area contributed by atoms with Crippen molar-refractivity contribution in [2.75, 3.05) is 7.11 Å². The zero-order valence-corrected chi connectivity index (χ0v) is 6.98. The number of benzene rings is 1. The van der Waals surface area contributed by atoms with Gasteiger partial charge in [-0.05, 0) is 18.2 Å². The van der Waals surface area contributed by atoms with Crippen molar-refractivity contribution in [1.82, 2.24) is 4.98 Å². The van der Waals surface area contributed by atoms with Gasteiger partial charge in [0.1, 0.15) is 11.3 Å². The number of aromatic nitrogens is 1. The van der Waals surface area contributed by atoms with E-state index in [9.17, 15) is 4.79 Å². The molecule has 0 radical (unpaired) electrons. The summed E-state index contributed by atoms with van der Waals surface area (Å²) >= 11 is 0. The average molecular weight is 177 g/mol. The number of methoxy groups -OCH3 is 1. The topological polar surface area (TPSA) is 52.3 Å². The Morgan fingerprint density at radius 2 is 2.31 bits per heavy atom. The highest BCUT2D eigenvalue weighted by Crippen LogP contribution is 2.16. The van der Waals surface area contributed by atoms with Crippen LogP contribution in [0.5, 0.6) is 5.75 Å². The van der Waals surface area contributed by atoms with Crippen LogP contribution in [0.25, 0.3) is 11.0 Å². The number of hydrogen-bond acceptors (Lipinski definition) is 4. The van der Waals surface area contributed by atoms with E-state index in [1.54, 1.807) is 25.3 Å². The quantitative estimate of drug-likeness (QED) is 0.656. The van der Waals surface area contributed by atoms with Crippen molar-refractivity contribution in [3.05, 3.63) is 34.9 Å². The number of rotatable bonds is 1. The monoisotopic (exact) mass is 177 g/mol. The van der Waals surface area contributed by atoms with Crippen molar-refractivity contribution < 1.29 is 9.15 Å². The molecule has 1 aromatic carbocycles. The molecule has 0 N–H and O–H groups in total. The van der Waals surface area contributed by atoms with E-state index in [1.807, 2.05) is 0 Å². The molecule has 66 valence electrons. The lowest BCUT2D eigenvalue weighted by Crippen LogP contribution is -2.04. The average Bonchev–Trinajstić information content (AvgIpc) is 2.18. The van der Waals surface area contributed by atoms with Crippen molar-refractivity contribution in [3.63, 3.8) is 0 Å². The van der Waals surface area contributed by atoms with Crippen LogP contribution in [0.2, 0.25) is 0 Å². The summed E-state index contributed by atoms with van der Waals surface area (Å²) in [5.41, 5.74) is 0.209. The maximum atomic E-state index is 11.2. The van der Waals surface area contributed by atoms with E-state index in [4.69, 9.17) is 9.15 Å². The molecule has 0 unspecified atom stereocenters. The van der Waals surface area contributed by atoms with E-state index in [-0.39, 0.29) is 5.56 Å². The van der Waals surface area contributed by atoms with Crippen molar-refractivity contribution in [1.29, 1.82) is 0 Å². The molecule has 0 atom stereocenters. The highest BCUT2D eigenvalue weighted by Gasteiger charge is 2.01. The molecular weight excluding hydrogens is 170 g/mol. The third-order valence-corrected chi connectivity index (χ3v) is 1.77. The van der Waals surface area contributed by atoms with Gasteiger partial charge in [0.2, 0.25) is 0 Å². The lowest BCUT2D eigenvalue weighted by molar-refractivity contribution is 0.415. The van der Waals surface area contributed by atoms with E-state index in [0.29, 0.717) is 16.7 Å². The number of nitrogens with zero attached hydrogens (tertiary/aromatic N) is 1. The van der Waals surface area contributed by atoms with Gasteiger partial charge >= 0.3 is 0 Å². The normalized spacial score (nSPS) is 10.2. The highest BCUT2D eigenvalue weighted by atomic mass is 16.5. The summed E-state index contributed by atoms with van der Waals surface area (Å²) in [5.74, 6) is 0.618. The Kier molecular flexibility index (Phi) is 1.73. The SMILES string of the molecule is COc1ccc2ocnc(=O)c2c1. The van der Waals surface area contributed by atoms with Crippen LogP contribution >= 0.6 is 0 Å². The number of ether oxygens (including phenoxy) is 1. The van der Waals surface area contributed by atoms with Gasteiger partial charge in [-0.25, -0.2) is 0 Å². The third-order valence-electron chi connectivity index (χ3n) is 1.77. The van der Waals surface area contributed by atoms with E-state index < -0.39 is 0 Å². The van der Waals surface area contributed by atoms with Gasteiger partial charge in [-0.3, -0.25) is 4.79 Å². The maximum absolute atomic E-state index is 11.2. The summed E-state index contributed by atoms with van der Waals surface area (Å²) < 4.78 is 9.99. The molecule has 4 heteroatoms. The van der Waals surface area contributed by atoms with Gasteiger partial charge < -0.3 is 9.15 Å². The van der Waals surface area contributed by atoms with Gasteiger partial charge in [0.15, 0.2) is 6.39 Å². The van der Waals surface area contributed by atoms with Crippen molar-refractivity contribution >= 4 is 11.0 Å². The molecule has 0 amide bonds. The Morgan fingerprint density at radius 1 is 1.46 bits per heavy atom. The Balaban J connectivity index is 2.82. The predicted octanol–water partition coefficient (Wildman–Crippen LogP) is 1.20. The van der Waals surface area contributed by atoms with Gasteiger partial charge in [0.25, 0.3) is 5.56 Å². The van der Waals surface area contributed by atoms with Crippen LogP contribution < -0.4 is 10.3 Å². The van der Waals surface area contributed by atoms with E-state index >= 15 is 0 Å². The first-order valence-corrected chi connectivity index (χ1v) is 3.73. The fourth-order valence-electron chi connectivity index (χ4n) is 1.11. The molecule has 0 aliphatic heterocycles. The number of hydrogen-bond donors (Lipinski definition) is 0. The molecule has 13 heavy (non-hydrogen) atoms. The molecule has 1 aromatic heterocycles. The molecule has 0 saturated heterocycles. The molecule has 0 saturated carbocycles. The van der Waals surface area contributed by atoms with Crippen LogP contribution in [0, 0.1) is 0 Å². The molecule has 0 fully saturated rings. The summed E-state index contributed by atoms with van der Waals surface area (Å²) in [6.45, 7) is 0. The standard InChI is InChI=1S/C9H7NO3/c1-12-6-2-3-8-7(4-6)9(11)10-5-13-8/h2-5H,1H3. The Hall–Kier alpha value is -1.84. The zero-order valence-electron chi connectivity index (χ0n) is 6.98. The molecule has 2 rings (SSSR count). The first-order valence-electron chi connectivity index (χ1n) is 3.73. The highest BCUT2D eigenvalue weighted by molar-refractivity contribution is 5.76. The second kappa shape index (κ2) is 2.90. The molecule has 0 aliphatic rings. The summed E-state index contributed by atoms with van der Waals surface area (Å²) in [5, 5.41) is 0.432. The summed E-state index contributed by atoms with van der Waals surface area (Å²) in [4.78, 5) is 14.7. The van der Waals surface area contributed by atoms with Gasteiger partial charge in [0, 0.05) is 0 Å². The van der Waals surface area contributed by atoms with Crippen LogP contribution in [0.4, 0.5) is 0 Å². The van der Waals surface area contributed by atoms with E-state index in [2.05, 4.69) is 4.98 Å². The Morgan fingerprint density at radius 3 is 3.08 bits per heavy atom. The summed E-state index contributed by atoms with van der Waals surface area (Å²) in [6.07, 6.45) is 1.14. The minimum atomic E-state index is -0.305. The molecule has 2 aromatic rings. The molecule has 0 spiro atoms. The first-order chi connectivity index (χ1) is 6.31. The van der Waals surface area contributed by atoms with Crippen LogP contribution in [0.3, 0.4) is 0 Å². The second-order valence-electron chi connectivity index (χ2n) is 2.52. The zero-order chi connectivity index (χ0) is 9.26. The lowest BCUT2D eigenvalue weighted by atomic mass is 10.2. The summed E-state index contributed by atoms with van der Waals surface area (Å²) in [6, 6.07) is 5.01.